The van der Waals surface area contributed by atoms with Crippen LogP contribution in [0.15, 0.2) is 54.7 Å². The number of carbonyl (C=O) groups is 1. The molecule has 0 spiro atoms. The van der Waals surface area contributed by atoms with Gasteiger partial charge in [-0.2, -0.15) is 13.2 Å². The Balaban J connectivity index is 0.00000363. The number of phenolic OH excluding ortho intramolecular Hbond substituents is 1. The lowest BCUT2D eigenvalue weighted by atomic mass is 9.89. The monoisotopic (exact) mass is 473 g/mol. The van der Waals surface area contributed by atoms with Gasteiger partial charge in [-0.1, -0.05) is 34.7 Å². The fourth-order valence-corrected chi connectivity index (χ4v) is 2.99. The van der Waals surface area contributed by atoms with Crippen molar-refractivity contribution in [2.75, 3.05) is 14.1 Å². The standard InChI is InChI=1S/C20H21F3N4O4.ClH/c1-19(25(2)3,15-5-4-6-16(28)11-15)18(29)24-26-12-17(31-27(26)30)13-7-9-14(10-8-13)20(21,22)23;/h4-12,27-28H,1-3H3,(H,24,29);1H/p-1. The summed E-state index contributed by atoms with van der Waals surface area (Å²) in [5.41, 5.74) is 1.07. The normalized spacial score (nSPS) is 17.8. The third-order valence-electron chi connectivity index (χ3n) is 5.10. The summed E-state index contributed by atoms with van der Waals surface area (Å²) in [5, 5.41) is 21.9. The second-order valence-electron chi connectivity index (χ2n) is 7.26. The number of hydrazine groups is 1. The number of carbonyl (C=O) groups excluding carboxylic acids is 1. The van der Waals surface area contributed by atoms with Gasteiger partial charge >= 0.3 is 6.18 Å². The molecule has 0 saturated heterocycles. The molecule has 2 aromatic rings. The van der Waals surface area contributed by atoms with Crippen molar-refractivity contribution < 1.29 is 45.7 Å². The zero-order valence-electron chi connectivity index (χ0n) is 17.3. The summed E-state index contributed by atoms with van der Waals surface area (Å²) >= 11 is 0. The Hall–Kier alpha value is -2.99. The molecule has 174 valence electrons. The predicted molar refractivity (Wildman–Crippen MR) is 104 cm³/mol. The number of likely N-dealkylation sites (N-methyl/N-ethyl adjacent to an activating group) is 1. The first-order chi connectivity index (χ1) is 14.4. The molecule has 3 rings (SSSR count). The molecule has 2 atom stereocenters. The molecule has 1 aliphatic heterocycles. The van der Waals surface area contributed by atoms with Crippen LogP contribution in [-0.4, -0.2) is 35.1 Å². The Morgan fingerprint density at radius 2 is 1.78 bits per heavy atom. The molecule has 0 radical (unpaired) electrons. The first kappa shape index (κ1) is 25.3. The van der Waals surface area contributed by atoms with E-state index in [2.05, 4.69) is 5.43 Å². The van der Waals surface area contributed by atoms with Crippen molar-refractivity contribution in [1.29, 1.82) is 0 Å². The average Bonchev–Trinajstić information content (AvgIpc) is 3.07. The van der Waals surface area contributed by atoms with Gasteiger partial charge in [-0.25, -0.2) is 5.43 Å². The Morgan fingerprint density at radius 3 is 2.31 bits per heavy atom. The van der Waals surface area contributed by atoms with Crippen LogP contribution in [0.5, 0.6) is 5.75 Å². The van der Waals surface area contributed by atoms with Gasteiger partial charge in [0.25, 0.3) is 5.91 Å². The summed E-state index contributed by atoms with van der Waals surface area (Å²) in [7, 11) is 3.32. The molecule has 0 aliphatic carbocycles. The quantitative estimate of drug-likeness (QED) is 0.471. The lowest BCUT2D eigenvalue weighted by molar-refractivity contribution is -1.12. The number of aromatic hydroxyl groups is 1. The van der Waals surface area contributed by atoms with Crippen LogP contribution in [0.25, 0.3) is 5.76 Å². The molecule has 1 amide bonds. The molecule has 1 heterocycles. The number of hydrogen-bond acceptors (Lipinski definition) is 6. The number of nitrogens with one attached hydrogen (secondary N) is 2. The lowest BCUT2D eigenvalue weighted by Crippen LogP contribution is -3.12. The molecule has 8 nitrogen and oxygen atoms in total. The summed E-state index contributed by atoms with van der Waals surface area (Å²) in [6.45, 7) is 1.61. The van der Waals surface area contributed by atoms with E-state index in [4.69, 9.17) is 4.84 Å². The number of phenols is 1. The molecule has 0 fully saturated rings. The van der Waals surface area contributed by atoms with Gasteiger partial charge in [0.2, 0.25) is 5.76 Å². The van der Waals surface area contributed by atoms with E-state index in [-0.39, 0.29) is 29.5 Å². The molecule has 0 saturated carbocycles. The molecule has 32 heavy (non-hydrogen) atoms. The van der Waals surface area contributed by atoms with Crippen molar-refractivity contribution in [3.8, 4) is 5.75 Å². The van der Waals surface area contributed by atoms with E-state index >= 15 is 0 Å². The lowest BCUT2D eigenvalue weighted by Gasteiger charge is -2.36. The van der Waals surface area contributed by atoms with E-state index in [1.165, 1.54) is 30.5 Å². The molecule has 12 heteroatoms. The van der Waals surface area contributed by atoms with Crippen LogP contribution < -0.4 is 23.2 Å². The average molecular weight is 474 g/mol. The number of nitrogens with zero attached hydrogens (tertiary/aromatic N) is 2. The first-order valence-electron chi connectivity index (χ1n) is 9.11. The number of rotatable bonds is 5. The maximum absolute atomic E-state index is 13.1. The number of hydrogen-bond donors (Lipinski definition) is 3. The van der Waals surface area contributed by atoms with Crippen molar-refractivity contribution in [3.05, 3.63) is 76.6 Å². The van der Waals surface area contributed by atoms with E-state index < -0.39 is 28.5 Å². The van der Waals surface area contributed by atoms with Gasteiger partial charge in [-0.15, -0.1) is 0 Å². The summed E-state index contributed by atoms with van der Waals surface area (Å²) in [6, 6.07) is 10.2. The zero-order valence-corrected chi connectivity index (χ0v) is 18.0. The van der Waals surface area contributed by atoms with E-state index in [1.54, 1.807) is 38.1 Å². The largest absolute Gasteiger partial charge is 1.00 e. The van der Waals surface area contributed by atoms with Crippen molar-refractivity contribution >= 4 is 11.7 Å². The van der Waals surface area contributed by atoms with Crippen molar-refractivity contribution in [2.45, 2.75) is 18.6 Å². The topological polar surface area (TPSA) is 92.5 Å². The fourth-order valence-electron chi connectivity index (χ4n) is 2.99. The highest BCUT2D eigenvalue weighted by Gasteiger charge is 2.40. The number of benzene rings is 2. The SMILES string of the molecule is CN(C)C(C)(C(=O)NN1C=C(c2ccc(C(F)(F)F)cc2)O[NH+]1[O-])c1cccc(O)c1.[Cl-]. The number of quaternary nitrogens is 1. The van der Waals surface area contributed by atoms with Gasteiger partial charge in [-0.05, 0) is 50.8 Å². The molecular formula is C20H21ClF3N4O4-. The Kier molecular flexibility index (Phi) is 7.30. The Bertz CT molecular complexity index is 1000. The van der Waals surface area contributed by atoms with Gasteiger partial charge in [0.15, 0.2) is 0 Å². The van der Waals surface area contributed by atoms with Crippen LogP contribution in [0.2, 0.25) is 0 Å². The van der Waals surface area contributed by atoms with Crippen LogP contribution >= 0.6 is 0 Å². The minimum Gasteiger partial charge on any atom is -1.00 e. The Morgan fingerprint density at radius 1 is 1.16 bits per heavy atom. The highest BCUT2D eigenvalue weighted by atomic mass is 35.5. The minimum absolute atomic E-state index is 0. The maximum Gasteiger partial charge on any atom is 0.416 e. The fraction of sp³-hybridized carbons (Fsp3) is 0.250. The highest BCUT2D eigenvalue weighted by molar-refractivity contribution is 5.87. The highest BCUT2D eigenvalue weighted by Crippen LogP contribution is 2.31. The van der Waals surface area contributed by atoms with Crippen molar-refractivity contribution in [1.82, 2.24) is 15.4 Å². The summed E-state index contributed by atoms with van der Waals surface area (Å²) in [5.74, 6) is -0.628. The molecular weight excluding hydrogens is 453 g/mol. The Labute approximate surface area is 188 Å². The van der Waals surface area contributed by atoms with E-state index in [0.29, 0.717) is 5.56 Å². The van der Waals surface area contributed by atoms with E-state index in [1.807, 2.05) is 0 Å². The summed E-state index contributed by atoms with van der Waals surface area (Å²) < 4.78 is 38.2. The molecule has 3 N–H and O–H groups in total. The molecule has 2 unspecified atom stereocenters. The molecule has 2 aromatic carbocycles. The van der Waals surface area contributed by atoms with Crippen LogP contribution in [-0.2, 0) is 21.3 Å². The molecule has 1 aliphatic rings. The van der Waals surface area contributed by atoms with Crippen LogP contribution in [0.1, 0.15) is 23.6 Å². The zero-order chi connectivity index (χ0) is 23.0. The van der Waals surface area contributed by atoms with Crippen LogP contribution in [0.4, 0.5) is 13.2 Å². The third-order valence-corrected chi connectivity index (χ3v) is 5.10. The molecule has 0 bridgehead atoms. The smallest absolute Gasteiger partial charge is 0.416 e. The van der Waals surface area contributed by atoms with E-state index in [9.17, 15) is 28.3 Å². The number of halogens is 4. The first-order valence-corrected chi connectivity index (χ1v) is 9.11. The third kappa shape index (κ3) is 4.91. The summed E-state index contributed by atoms with van der Waals surface area (Å²) in [6.07, 6.45) is -3.30. The van der Waals surface area contributed by atoms with Gasteiger partial charge in [0, 0.05) is 5.56 Å². The number of alkyl halides is 3. The van der Waals surface area contributed by atoms with Crippen LogP contribution in [0.3, 0.4) is 0 Å². The van der Waals surface area contributed by atoms with E-state index in [0.717, 1.165) is 17.3 Å². The van der Waals surface area contributed by atoms with Gasteiger partial charge in [0.05, 0.1) is 5.56 Å². The molecule has 0 aromatic heterocycles. The minimum atomic E-state index is -4.48. The second-order valence-corrected chi connectivity index (χ2v) is 7.26. The predicted octanol–water partition coefficient (Wildman–Crippen LogP) is -1.23. The van der Waals surface area contributed by atoms with Gasteiger partial charge in [0.1, 0.15) is 17.5 Å². The number of amides is 1. The van der Waals surface area contributed by atoms with Gasteiger partial charge < -0.3 is 22.7 Å². The summed E-state index contributed by atoms with van der Waals surface area (Å²) in [4.78, 5) is 19.8. The van der Waals surface area contributed by atoms with Crippen LogP contribution in [0, 0.1) is 5.21 Å². The second kappa shape index (κ2) is 9.25. The van der Waals surface area contributed by atoms with Crippen molar-refractivity contribution in [2.24, 2.45) is 0 Å². The van der Waals surface area contributed by atoms with Crippen molar-refractivity contribution in [3.63, 3.8) is 0 Å². The van der Waals surface area contributed by atoms with Gasteiger partial charge in [-0.3, -0.25) is 14.5 Å². The maximum atomic E-state index is 13.1.